The fraction of sp³-hybridized carbons (Fsp3) is 0.0909. The molecule has 2 N–H and O–H groups in total. The molecule has 140 valence electrons. The topological polar surface area (TPSA) is 73.9 Å². The van der Waals surface area contributed by atoms with Crippen LogP contribution < -0.4 is 15.2 Å². The number of hydrogen-bond donors (Lipinski definition) is 1. The maximum Gasteiger partial charge on any atom is 0.286 e. The molecule has 4 rings (SSSR count). The summed E-state index contributed by atoms with van der Waals surface area (Å²) in [4.78, 5) is 16.2. The molecule has 0 radical (unpaired) electrons. The van der Waals surface area contributed by atoms with E-state index in [0.717, 1.165) is 33.7 Å². The van der Waals surface area contributed by atoms with Gasteiger partial charge in [-0.05, 0) is 40.2 Å². The summed E-state index contributed by atoms with van der Waals surface area (Å²) in [5.74, 6) is 0.827. The Morgan fingerprint density at radius 2 is 1.86 bits per heavy atom. The van der Waals surface area contributed by atoms with Gasteiger partial charge in [0.25, 0.3) is 5.91 Å². The molecule has 0 atom stereocenters. The van der Waals surface area contributed by atoms with E-state index in [4.69, 9.17) is 15.2 Å². The van der Waals surface area contributed by atoms with Crippen molar-refractivity contribution in [1.29, 1.82) is 0 Å². The van der Waals surface area contributed by atoms with Crippen LogP contribution in [-0.4, -0.2) is 18.2 Å². The molecule has 0 aliphatic carbocycles. The largest absolute Gasteiger partial charge is 0.493 e. The highest BCUT2D eigenvalue weighted by atomic mass is 32.2. The molecule has 5 nitrogen and oxygen atoms in total. The van der Waals surface area contributed by atoms with Crippen LogP contribution in [0.1, 0.15) is 11.1 Å². The number of carbonyl (C=O) groups excluding carboxylic acids is 1. The first kappa shape index (κ1) is 18.1. The minimum Gasteiger partial charge on any atom is -0.493 e. The van der Waals surface area contributed by atoms with Gasteiger partial charge < -0.3 is 15.2 Å². The maximum atomic E-state index is 12.0. The summed E-state index contributed by atoms with van der Waals surface area (Å²) in [5, 5.41) is 2.55. The highest BCUT2D eigenvalue weighted by Gasteiger charge is 2.21. The Kier molecular flexibility index (Phi) is 5.04. The lowest BCUT2D eigenvalue weighted by atomic mass is 10.1. The molecule has 3 aromatic rings. The molecule has 0 unspecified atom stereocenters. The standard InChI is InChI=1S/C22H18N2O3S/c1-26-18-11-5-8-15(12-19-21(25)24-22(23)28-19)20(18)27-13-16-9-4-7-14-6-2-3-10-17(14)16/h2-12H,13H2,1H3,(H2,23,24,25)/b19-12-. The fourth-order valence-electron chi connectivity index (χ4n) is 3.10. The van der Waals surface area contributed by atoms with Crippen LogP contribution in [0.15, 0.2) is 70.6 Å². The van der Waals surface area contributed by atoms with Gasteiger partial charge in [-0.15, -0.1) is 0 Å². The number of nitrogens with zero attached hydrogens (tertiary/aromatic N) is 1. The Bertz CT molecular complexity index is 1120. The summed E-state index contributed by atoms with van der Waals surface area (Å²) in [6.07, 6.45) is 1.73. The van der Waals surface area contributed by atoms with Crippen molar-refractivity contribution in [3.63, 3.8) is 0 Å². The normalized spacial score (nSPS) is 15.1. The third kappa shape index (κ3) is 3.59. The Balaban J connectivity index is 1.67. The first-order valence-corrected chi connectivity index (χ1v) is 9.52. The molecule has 1 aliphatic rings. The van der Waals surface area contributed by atoms with E-state index in [1.54, 1.807) is 13.2 Å². The van der Waals surface area contributed by atoms with Gasteiger partial charge in [0.1, 0.15) is 6.61 Å². The van der Waals surface area contributed by atoms with E-state index >= 15 is 0 Å². The fourth-order valence-corrected chi connectivity index (χ4v) is 3.77. The molecule has 0 fully saturated rings. The Morgan fingerprint density at radius 1 is 1.07 bits per heavy atom. The van der Waals surface area contributed by atoms with Gasteiger partial charge in [-0.2, -0.15) is 4.99 Å². The number of aliphatic imine (C=N–C) groups is 1. The zero-order valence-corrected chi connectivity index (χ0v) is 16.0. The van der Waals surface area contributed by atoms with Crippen molar-refractivity contribution in [1.82, 2.24) is 0 Å². The van der Waals surface area contributed by atoms with E-state index in [9.17, 15) is 4.79 Å². The van der Waals surface area contributed by atoms with Gasteiger partial charge in [-0.3, -0.25) is 4.79 Å². The second-order valence-corrected chi connectivity index (χ2v) is 7.23. The van der Waals surface area contributed by atoms with Crippen molar-refractivity contribution in [2.75, 3.05) is 7.11 Å². The lowest BCUT2D eigenvalue weighted by Crippen LogP contribution is -2.01. The Labute approximate surface area is 166 Å². The van der Waals surface area contributed by atoms with E-state index in [1.165, 1.54) is 0 Å². The van der Waals surface area contributed by atoms with Crippen LogP contribution in [0, 0.1) is 0 Å². The summed E-state index contributed by atoms with van der Waals surface area (Å²) in [6, 6.07) is 19.9. The third-order valence-electron chi connectivity index (χ3n) is 4.40. The maximum absolute atomic E-state index is 12.0. The highest BCUT2D eigenvalue weighted by Crippen LogP contribution is 2.36. The molecule has 1 amide bonds. The van der Waals surface area contributed by atoms with Gasteiger partial charge in [-0.1, -0.05) is 54.6 Å². The molecule has 28 heavy (non-hydrogen) atoms. The summed E-state index contributed by atoms with van der Waals surface area (Å²) in [7, 11) is 1.59. The highest BCUT2D eigenvalue weighted by molar-refractivity contribution is 8.18. The van der Waals surface area contributed by atoms with Gasteiger partial charge in [0.2, 0.25) is 0 Å². The van der Waals surface area contributed by atoms with Gasteiger partial charge in [0.15, 0.2) is 16.7 Å². The van der Waals surface area contributed by atoms with E-state index < -0.39 is 0 Å². The van der Waals surface area contributed by atoms with Crippen molar-refractivity contribution in [3.8, 4) is 11.5 Å². The molecule has 3 aromatic carbocycles. The molecule has 0 saturated heterocycles. The van der Waals surface area contributed by atoms with E-state index in [-0.39, 0.29) is 11.1 Å². The SMILES string of the molecule is COc1cccc(/C=C2\SC(N)=NC2=O)c1OCc1cccc2ccccc12. The van der Waals surface area contributed by atoms with Gasteiger partial charge in [0.05, 0.1) is 12.0 Å². The van der Waals surface area contributed by atoms with Crippen molar-refractivity contribution in [3.05, 3.63) is 76.7 Å². The molecule has 6 heteroatoms. The molecule has 0 bridgehead atoms. The first-order chi connectivity index (χ1) is 13.7. The minimum atomic E-state index is -0.342. The van der Waals surface area contributed by atoms with Gasteiger partial charge in [-0.25, -0.2) is 0 Å². The zero-order valence-electron chi connectivity index (χ0n) is 15.2. The van der Waals surface area contributed by atoms with Crippen LogP contribution in [0.2, 0.25) is 0 Å². The van der Waals surface area contributed by atoms with Crippen LogP contribution in [0.25, 0.3) is 16.8 Å². The quantitative estimate of drug-likeness (QED) is 0.656. The van der Waals surface area contributed by atoms with Gasteiger partial charge >= 0.3 is 0 Å². The number of ether oxygens (including phenoxy) is 2. The first-order valence-electron chi connectivity index (χ1n) is 8.70. The number of carbonyl (C=O) groups is 1. The summed E-state index contributed by atoms with van der Waals surface area (Å²) in [6.45, 7) is 0.373. The number of nitrogens with two attached hydrogens (primary N) is 1. The van der Waals surface area contributed by atoms with Crippen LogP contribution in [0.3, 0.4) is 0 Å². The third-order valence-corrected chi connectivity index (χ3v) is 5.22. The van der Waals surface area contributed by atoms with E-state index in [0.29, 0.717) is 23.0 Å². The number of hydrogen-bond acceptors (Lipinski definition) is 5. The van der Waals surface area contributed by atoms with E-state index in [1.807, 2.05) is 42.5 Å². The van der Waals surface area contributed by atoms with Crippen molar-refractivity contribution in [2.45, 2.75) is 6.61 Å². The molecular formula is C22H18N2O3S. The molecule has 1 heterocycles. The second-order valence-electron chi connectivity index (χ2n) is 6.17. The molecule has 0 aromatic heterocycles. The molecule has 0 saturated carbocycles. The van der Waals surface area contributed by atoms with Crippen LogP contribution in [0.5, 0.6) is 11.5 Å². The summed E-state index contributed by atoms with van der Waals surface area (Å²) in [5.41, 5.74) is 7.45. The average molecular weight is 390 g/mol. The number of amides is 1. The van der Waals surface area contributed by atoms with Crippen LogP contribution in [-0.2, 0) is 11.4 Å². The van der Waals surface area contributed by atoms with Crippen molar-refractivity contribution in [2.24, 2.45) is 10.7 Å². The summed E-state index contributed by atoms with van der Waals surface area (Å²) < 4.78 is 11.6. The molecular weight excluding hydrogens is 372 g/mol. The lowest BCUT2D eigenvalue weighted by Gasteiger charge is -2.15. The predicted molar refractivity (Wildman–Crippen MR) is 113 cm³/mol. The number of methoxy groups -OCH3 is 1. The van der Waals surface area contributed by atoms with E-state index in [2.05, 4.69) is 23.2 Å². The average Bonchev–Trinajstić information content (AvgIpc) is 3.03. The monoisotopic (exact) mass is 390 g/mol. The van der Waals surface area contributed by atoms with Crippen LogP contribution >= 0.6 is 11.8 Å². The minimum absolute atomic E-state index is 0.248. The molecule has 0 spiro atoms. The lowest BCUT2D eigenvalue weighted by molar-refractivity contribution is -0.113. The smallest absolute Gasteiger partial charge is 0.286 e. The zero-order chi connectivity index (χ0) is 19.5. The number of benzene rings is 3. The molecule has 1 aliphatic heterocycles. The number of rotatable bonds is 5. The number of amidine groups is 1. The van der Waals surface area contributed by atoms with Crippen molar-refractivity contribution >= 4 is 39.7 Å². The van der Waals surface area contributed by atoms with Crippen molar-refractivity contribution < 1.29 is 14.3 Å². The Hall–Kier alpha value is -3.25. The number of para-hydroxylation sites is 1. The predicted octanol–water partition coefficient (Wildman–Crippen LogP) is 4.36. The van der Waals surface area contributed by atoms with Gasteiger partial charge in [0, 0.05) is 5.56 Å². The van der Waals surface area contributed by atoms with Crippen LogP contribution in [0.4, 0.5) is 0 Å². The number of thioether (sulfide) groups is 1. The second kappa shape index (κ2) is 7.78. The Morgan fingerprint density at radius 3 is 2.64 bits per heavy atom. The summed E-state index contributed by atoms with van der Waals surface area (Å²) >= 11 is 1.15. The number of fused-ring (bicyclic) bond motifs is 1.